The lowest BCUT2D eigenvalue weighted by molar-refractivity contribution is -0.122. The fraction of sp³-hybridized carbons (Fsp3) is 0.750. The first-order valence-electron chi connectivity index (χ1n) is 10.5. The number of aliphatic imine (C=N–C) groups is 1. The normalized spacial score (nSPS) is 16.2. The molecule has 3 N–H and O–H groups in total. The van der Waals surface area contributed by atoms with Gasteiger partial charge in [-0.25, -0.2) is 4.99 Å². The van der Waals surface area contributed by atoms with Crippen LogP contribution in [0.4, 0.5) is 0 Å². The van der Waals surface area contributed by atoms with Gasteiger partial charge in [0.25, 0.3) is 0 Å². The zero-order valence-electron chi connectivity index (χ0n) is 18.1. The summed E-state index contributed by atoms with van der Waals surface area (Å²) in [5, 5.41) is 14.3. The predicted octanol–water partition coefficient (Wildman–Crippen LogP) is 1.08. The standard InChI is InChI=1S/C20H37N7O/c1-6-10-22-19(28)14-27-11-8-17(9-12-27)24-20(21-7-2)23-13-18-15(3)25-26(5)16(18)4/h17H,6-14H2,1-5H3,(H,22,28)(H2,21,23,24). The van der Waals surface area contributed by atoms with Gasteiger partial charge in [-0.1, -0.05) is 6.92 Å². The van der Waals surface area contributed by atoms with Crippen molar-refractivity contribution in [2.75, 3.05) is 32.7 Å². The molecule has 0 saturated carbocycles. The number of carbonyl (C=O) groups excluding carboxylic acids is 1. The second kappa shape index (κ2) is 11.0. The number of aromatic nitrogens is 2. The van der Waals surface area contributed by atoms with Crippen molar-refractivity contribution in [1.29, 1.82) is 0 Å². The summed E-state index contributed by atoms with van der Waals surface area (Å²) in [5.41, 5.74) is 3.38. The number of nitrogens with one attached hydrogen (secondary N) is 3. The Kier molecular flexibility index (Phi) is 8.76. The lowest BCUT2D eigenvalue weighted by Crippen LogP contribution is -2.50. The third-order valence-electron chi connectivity index (χ3n) is 5.27. The van der Waals surface area contributed by atoms with Crippen molar-refractivity contribution in [3.63, 3.8) is 0 Å². The number of hydrogen-bond donors (Lipinski definition) is 3. The molecule has 0 atom stereocenters. The molecular weight excluding hydrogens is 354 g/mol. The molecule has 1 aliphatic rings. The smallest absolute Gasteiger partial charge is 0.234 e. The maximum absolute atomic E-state index is 11.9. The zero-order chi connectivity index (χ0) is 20.5. The van der Waals surface area contributed by atoms with Crippen LogP contribution in [0.3, 0.4) is 0 Å². The largest absolute Gasteiger partial charge is 0.357 e. The number of likely N-dealkylation sites (tertiary alicyclic amines) is 1. The van der Waals surface area contributed by atoms with Crippen LogP contribution in [0.25, 0.3) is 0 Å². The predicted molar refractivity (Wildman–Crippen MR) is 113 cm³/mol. The highest BCUT2D eigenvalue weighted by atomic mass is 16.2. The van der Waals surface area contributed by atoms with Crippen molar-refractivity contribution in [1.82, 2.24) is 30.6 Å². The molecule has 8 heteroatoms. The van der Waals surface area contributed by atoms with E-state index in [1.165, 1.54) is 5.56 Å². The maximum atomic E-state index is 11.9. The number of amides is 1. The summed E-state index contributed by atoms with van der Waals surface area (Å²) in [5.74, 6) is 0.981. The van der Waals surface area contributed by atoms with E-state index in [9.17, 15) is 4.79 Å². The molecule has 0 aromatic carbocycles. The van der Waals surface area contributed by atoms with E-state index in [-0.39, 0.29) is 5.91 Å². The van der Waals surface area contributed by atoms with Gasteiger partial charge in [0, 0.05) is 50.5 Å². The van der Waals surface area contributed by atoms with Gasteiger partial charge in [0.1, 0.15) is 0 Å². The van der Waals surface area contributed by atoms with Crippen molar-refractivity contribution in [3.05, 3.63) is 17.0 Å². The first-order chi connectivity index (χ1) is 13.4. The zero-order valence-corrected chi connectivity index (χ0v) is 18.1. The fourth-order valence-corrected chi connectivity index (χ4v) is 3.48. The minimum atomic E-state index is 0.130. The van der Waals surface area contributed by atoms with Crippen LogP contribution in [0.2, 0.25) is 0 Å². The van der Waals surface area contributed by atoms with E-state index in [0.717, 1.165) is 62.8 Å². The number of rotatable bonds is 8. The van der Waals surface area contributed by atoms with Crippen LogP contribution in [0.15, 0.2) is 4.99 Å². The molecule has 1 aromatic heterocycles. The average Bonchev–Trinajstić information content (AvgIpc) is 2.91. The second-order valence-corrected chi connectivity index (χ2v) is 7.51. The lowest BCUT2D eigenvalue weighted by atomic mass is 10.1. The summed E-state index contributed by atoms with van der Waals surface area (Å²) in [6, 6.07) is 0.379. The molecule has 1 amide bonds. The molecule has 0 radical (unpaired) electrons. The Morgan fingerprint density at radius 2 is 1.93 bits per heavy atom. The van der Waals surface area contributed by atoms with Crippen LogP contribution >= 0.6 is 0 Å². The monoisotopic (exact) mass is 391 g/mol. The first-order valence-corrected chi connectivity index (χ1v) is 10.5. The molecule has 1 saturated heterocycles. The number of carbonyl (C=O) groups is 1. The Labute approximate surface area is 169 Å². The number of guanidine groups is 1. The third kappa shape index (κ3) is 6.51. The summed E-state index contributed by atoms with van der Waals surface area (Å²) in [6.45, 7) is 12.8. The van der Waals surface area contributed by atoms with Crippen molar-refractivity contribution in [2.24, 2.45) is 12.0 Å². The Bertz CT molecular complexity index is 660. The Balaban J connectivity index is 1.85. The van der Waals surface area contributed by atoms with E-state index in [1.807, 2.05) is 18.7 Å². The molecule has 1 aromatic rings. The molecule has 28 heavy (non-hydrogen) atoms. The van der Waals surface area contributed by atoms with Gasteiger partial charge in [-0.15, -0.1) is 0 Å². The molecule has 0 spiro atoms. The highest BCUT2D eigenvalue weighted by Crippen LogP contribution is 2.13. The molecule has 1 aliphatic heterocycles. The van der Waals surface area contributed by atoms with Gasteiger partial charge in [-0.3, -0.25) is 14.4 Å². The Hall–Kier alpha value is -2.09. The topological polar surface area (TPSA) is 86.6 Å². The molecular formula is C20H37N7O. The van der Waals surface area contributed by atoms with Gasteiger partial charge in [0.2, 0.25) is 5.91 Å². The highest BCUT2D eigenvalue weighted by molar-refractivity contribution is 5.80. The molecule has 158 valence electrons. The van der Waals surface area contributed by atoms with Crippen LogP contribution in [0.5, 0.6) is 0 Å². The summed E-state index contributed by atoms with van der Waals surface area (Å²) < 4.78 is 1.91. The summed E-state index contributed by atoms with van der Waals surface area (Å²) in [4.78, 5) is 18.9. The summed E-state index contributed by atoms with van der Waals surface area (Å²) in [6.07, 6.45) is 3.00. The van der Waals surface area contributed by atoms with Crippen molar-refractivity contribution >= 4 is 11.9 Å². The van der Waals surface area contributed by atoms with E-state index in [4.69, 9.17) is 4.99 Å². The molecule has 2 rings (SSSR count). The minimum Gasteiger partial charge on any atom is -0.357 e. The van der Waals surface area contributed by atoms with E-state index < -0.39 is 0 Å². The third-order valence-corrected chi connectivity index (χ3v) is 5.27. The Morgan fingerprint density at radius 1 is 1.21 bits per heavy atom. The Morgan fingerprint density at radius 3 is 2.50 bits per heavy atom. The van der Waals surface area contributed by atoms with Gasteiger partial charge < -0.3 is 16.0 Å². The van der Waals surface area contributed by atoms with Crippen molar-refractivity contribution < 1.29 is 4.79 Å². The molecule has 0 unspecified atom stereocenters. The van der Waals surface area contributed by atoms with E-state index in [1.54, 1.807) is 0 Å². The van der Waals surface area contributed by atoms with Crippen LogP contribution in [-0.2, 0) is 18.4 Å². The van der Waals surface area contributed by atoms with Crippen LogP contribution in [0, 0.1) is 13.8 Å². The van der Waals surface area contributed by atoms with E-state index in [0.29, 0.717) is 19.1 Å². The number of hydrogen-bond acceptors (Lipinski definition) is 4. The number of nitrogens with zero attached hydrogens (tertiary/aromatic N) is 4. The maximum Gasteiger partial charge on any atom is 0.234 e. The molecule has 1 fully saturated rings. The highest BCUT2D eigenvalue weighted by Gasteiger charge is 2.21. The van der Waals surface area contributed by atoms with Crippen LogP contribution in [-0.4, -0.2) is 65.3 Å². The van der Waals surface area contributed by atoms with Crippen LogP contribution < -0.4 is 16.0 Å². The van der Waals surface area contributed by atoms with Crippen molar-refractivity contribution in [2.45, 2.75) is 59.5 Å². The molecule has 0 aliphatic carbocycles. The van der Waals surface area contributed by atoms with Gasteiger partial charge >= 0.3 is 0 Å². The van der Waals surface area contributed by atoms with Gasteiger partial charge in [0.15, 0.2) is 5.96 Å². The van der Waals surface area contributed by atoms with E-state index in [2.05, 4.69) is 46.7 Å². The number of piperidine rings is 1. The SMILES string of the molecule is CCCNC(=O)CN1CCC(NC(=NCc2c(C)nn(C)c2C)NCC)CC1. The lowest BCUT2D eigenvalue weighted by Gasteiger charge is -2.32. The summed E-state index contributed by atoms with van der Waals surface area (Å²) in [7, 11) is 1.97. The average molecular weight is 392 g/mol. The molecule has 0 bridgehead atoms. The molecule has 8 nitrogen and oxygen atoms in total. The van der Waals surface area contributed by atoms with Crippen LogP contribution in [0.1, 0.15) is 50.1 Å². The van der Waals surface area contributed by atoms with Gasteiger partial charge in [-0.05, 0) is 40.0 Å². The minimum absolute atomic E-state index is 0.130. The second-order valence-electron chi connectivity index (χ2n) is 7.51. The van der Waals surface area contributed by atoms with Gasteiger partial charge in [-0.2, -0.15) is 5.10 Å². The first kappa shape index (κ1) is 22.2. The fourth-order valence-electron chi connectivity index (χ4n) is 3.48. The number of aryl methyl sites for hydroxylation is 2. The quantitative estimate of drug-likeness (QED) is 0.456. The van der Waals surface area contributed by atoms with E-state index >= 15 is 0 Å². The van der Waals surface area contributed by atoms with Gasteiger partial charge in [0.05, 0.1) is 18.8 Å². The van der Waals surface area contributed by atoms with Crippen molar-refractivity contribution in [3.8, 4) is 0 Å². The summed E-state index contributed by atoms with van der Waals surface area (Å²) >= 11 is 0. The molecule has 2 heterocycles.